The standard InChI is InChI=1S/C20H19N7O3S2/c21-18-17(20-25-24-19(30-20)14-4-2-1-3-5-14)23-16(12-22-18)26-7-9-27(10-8-26)32(28,29)15-6-11-31-13-15/h1-6,11-13H,7-10H2,(H2,21,22). The van der Waals surface area contributed by atoms with Gasteiger partial charge in [0, 0.05) is 37.1 Å². The average Bonchev–Trinajstić information content (AvgIpc) is 3.53. The van der Waals surface area contributed by atoms with Gasteiger partial charge in [0.1, 0.15) is 5.82 Å². The molecule has 1 aliphatic rings. The molecular weight excluding hydrogens is 450 g/mol. The fraction of sp³-hybridized carbons (Fsp3) is 0.200. The molecule has 4 heterocycles. The summed E-state index contributed by atoms with van der Waals surface area (Å²) < 4.78 is 32.7. The molecule has 2 N–H and O–H groups in total. The van der Waals surface area contributed by atoms with Crippen molar-refractivity contribution in [2.24, 2.45) is 0 Å². The lowest BCUT2D eigenvalue weighted by molar-refractivity contribution is 0.384. The third-order valence-corrected chi connectivity index (χ3v) is 7.86. The van der Waals surface area contributed by atoms with Crippen molar-refractivity contribution in [3.63, 3.8) is 0 Å². The van der Waals surface area contributed by atoms with Gasteiger partial charge < -0.3 is 15.1 Å². The average molecular weight is 470 g/mol. The molecule has 4 aromatic rings. The van der Waals surface area contributed by atoms with Crippen molar-refractivity contribution in [2.75, 3.05) is 36.8 Å². The fourth-order valence-corrected chi connectivity index (χ4v) is 5.86. The summed E-state index contributed by atoms with van der Waals surface area (Å²) in [6.07, 6.45) is 1.57. The summed E-state index contributed by atoms with van der Waals surface area (Å²) in [6, 6.07) is 11.0. The number of aromatic nitrogens is 4. The Hall–Kier alpha value is -3.35. The maximum atomic E-state index is 12.7. The van der Waals surface area contributed by atoms with Gasteiger partial charge in [-0.2, -0.15) is 15.6 Å². The first-order chi connectivity index (χ1) is 15.5. The van der Waals surface area contributed by atoms with E-state index in [0.717, 1.165) is 5.56 Å². The molecule has 3 aromatic heterocycles. The molecule has 12 heteroatoms. The predicted octanol–water partition coefficient (Wildman–Crippen LogP) is 2.35. The summed E-state index contributed by atoms with van der Waals surface area (Å²) in [6.45, 7) is 1.64. The highest BCUT2D eigenvalue weighted by Crippen LogP contribution is 2.28. The summed E-state index contributed by atoms with van der Waals surface area (Å²) in [5.74, 6) is 1.28. The number of thiophene rings is 1. The van der Waals surface area contributed by atoms with Crippen LogP contribution in [-0.4, -0.2) is 59.1 Å². The van der Waals surface area contributed by atoms with Gasteiger partial charge in [0.05, 0.1) is 11.1 Å². The van der Waals surface area contributed by atoms with Crippen LogP contribution in [0.5, 0.6) is 0 Å². The highest BCUT2D eigenvalue weighted by atomic mass is 32.2. The summed E-state index contributed by atoms with van der Waals surface area (Å²) in [5, 5.41) is 11.6. The quantitative estimate of drug-likeness (QED) is 0.468. The summed E-state index contributed by atoms with van der Waals surface area (Å²) >= 11 is 1.36. The molecule has 10 nitrogen and oxygen atoms in total. The van der Waals surface area contributed by atoms with Crippen LogP contribution in [0.1, 0.15) is 0 Å². The van der Waals surface area contributed by atoms with Crippen LogP contribution < -0.4 is 10.6 Å². The Morgan fingerprint density at radius 3 is 2.47 bits per heavy atom. The van der Waals surface area contributed by atoms with Crippen LogP contribution in [0.25, 0.3) is 23.0 Å². The van der Waals surface area contributed by atoms with Crippen molar-refractivity contribution in [1.82, 2.24) is 24.5 Å². The van der Waals surface area contributed by atoms with Crippen LogP contribution in [0.15, 0.2) is 62.7 Å². The fourth-order valence-electron chi connectivity index (χ4n) is 3.42. The van der Waals surface area contributed by atoms with Crippen LogP contribution in [0, 0.1) is 0 Å². The Morgan fingerprint density at radius 1 is 1.00 bits per heavy atom. The molecule has 0 atom stereocenters. The molecule has 0 radical (unpaired) electrons. The molecule has 0 amide bonds. The van der Waals surface area contributed by atoms with E-state index >= 15 is 0 Å². The Morgan fingerprint density at radius 2 is 1.75 bits per heavy atom. The maximum Gasteiger partial charge on any atom is 0.270 e. The largest absolute Gasteiger partial charge is 0.414 e. The second-order valence-corrected chi connectivity index (χ2v) is 9.81. The topological polar surface area (TPSA) is 131 Å². The molecule has 0 saturated carbocycles. The number of anilines is 2. The van der Waals surface area contributed by atoms with Crippen molar-refractivity contribution >= 4 is 33.0 Å². The van der Waals surface area contributed by atoms with Gasteiger partial charge in [-0.15, -0.1) is 10.2 Å². The van der Waals surface area contributed by atoms with E-state index in [-0.39, 0.29) is 11.7 Å². The van der Waals surface area contributed by atoms with Gasteiger partial charge in [0.2, 0.25) is 15.9 Å². The van der Waals surface area contributed by atoms with Gasteiger partial charge in [0.25, 0.3) is 5.89 Å². The lowest BCUT2D eigenvalue weighted by atomic mass is 10.2. The predicted molar refractivity (Wildman–Crippen MR) is 120 cm³/mol. The molecule has 0 spiro atoms. The van der Waals surface area contributed by atoms with Crippen LogP contribution in [0.3, 0.4) is 0 Å². The van der Waals surface area contributed by atoms with E-state index in [1.54, 1.807) is 23.0 Å². The van der Waals surface area contributed by atoms with Gasteiger partial charge in [-0.1, -0.05) is 18.2 Å². The number of rotatable bonds is 5. The van der Waals surface area contributed by atoms with E-state index in [1.807, 2.05) is 35.2 Å². The first kappa shape index (κ1) is 20.5. The second kappa shape index (κ2) is 8.30. The molecule has 164 valence electrons. The Kier molecular flexibility index (Phi) is 5.33. The Bertz CT molecular complexity index is 1320. The Balaban J connectivity index is 1.35. The molecular formula is C20H19N7O3S2. The van der Waals surface area contributed by atoms with Gasteiger partial charge in [-0.25, -0.2) is 18.4 Å². The summed E-state index contributed by atoms with van der Waals surface area (Å²) in [4.78, 5) is 11.1. The van der Waals surface area contributed by atoms with E-state index in [1.165, 1.54) is 15.6 Å². The minimum atomic E-state index is -3.48. The van der Waals surface area contributed by atoms with Crippen LogP contribution in [0.2, 0.25) is 0 Å². The maximum absolute atomic E-state index is 12.7. The first-order valence-electron chi connectivity index (χ1n) is 9.81. The van der Waals surface area contributed by atoms with Gasteiger partial charge in [-0.05, 0) is 23.6 Å². The van der Waals surface area contributed by atoms with Crippen molar-refractivity contribution in [1.29, 1.82) is 0 Å². The SMILES string of the molecule is Nc1ncc(N2CCN(S(=O)(=O)c3ccsc3)CC2)nc1-c1nnc(-c2ccccc2)o1. The van der Waals surface area contributed by atoms with Crippen LogP contribution in [0.4, 0.5) is 11.6 Å². The molecule has 5 rings (SSSR count). The van der Waals surface area contributed by atoms with Crippen molar-refractivity contribution in [3.05, 3.63) is 53.4 Å². The van der Waals surface area contributed by atoms with Gasteiger partial charge in [0.15, 0.2) is 11.5 Å². The minimum Gasteiger partial charge on any atom is -0.414 e. The number of sulfonamides is 1. The summed E-state index contributed by atoms with van der Waals surface area (Å²) in [5.41, 5.74) is 7.11. The van der Waals surface area contributed by atoms with Crippen LogP contribution in [-0.2, 0) is 10.0 Å². The lowest BCUT2D eigenvalue weighted by Gasteiger charge is -2.34. The van der Waals surface area contributed by atoms with E-state index in [9.17, 15) is 8.42 Å². The van der Waals surface area contributed by atoms with E-state index < -0.39 is 10.0 Å². The smallest absolute Gasteiger partial charge is 0.270 e. The Labute approximate surface area is 188 Å². The number of nitrogen functional groups attached to an aromatic ring is 1. The molecule has 1 aromatic carbocycles. The van der Waals surface area contributed by atoms with Gasteiger partial charge >= 0.3 is 0 Å². The van der Waals surface area contributed by atoms with E-state index in [0.29, 0.717) is 48.5 Å². The van der Waals surface area contributed by atoms with Crippen molar-refractivity contribution in [3.8, 4) is 23.0 Å². The molecule has 0 aliphatic carbocycles. The third-order valence-electron chi connectivity index (χ3n) is 5.13. The molecule has 0 bridgehead atoms. The summed E-state index contributed by atoms with van der Waals surface area (Å²) in [7, 11) is -3.48. The molecule has 1 saturated heterocycles. The highest BCUT2D eigenvalue weighted by molar-refractivity contribution is 7.89. The number of nitrogens with zero attached hydrogens (tertiary/aromatic N) is 6. The number of hydrogen-bond acceptors (Lipinski definition) is 10. The van der Waals surface area contributed by atoms with E-state index in [4.69, 9.17) is 10.2 Å². The number of hydrogen-bond donors (Lipinski definition) is 1. The highest BCUT2D eigenvalue weighted by Gasteiger charge is 2.29. The minimum absolute atomic E-state index is 0.175. The normalized spacial score (nSPS) is 15.2. The second-order valence-electron chi connectivity index (χ2n) is 7.09. The number of piperazine rings is 1. The lowest BCUT2D eigenvalue weighted by Crippen LogP contribution is -2.48. The number of nitrogens with two attached hydrogens (primary N) is 1. The van der Waals surface area contributed by atoms with E-state index in [2.05, 4.69) is 20.2 Å². The third kappa shape index (κ3) is 3.83. The zero-order chi connectivity index (χ0) is 22.1. The van der Waals surface area contributed by atoms with Gasteiger partial charge in [-0.3, -0.25) is 0 Å². The number of benzene rings is 1. The molecule has 1 fully saturated rings. The first-order valence-corrected chi connectivity index (χ1v) is 12.2. The molecule has 1 aliphatic heterocycles. The molecule has 32 heavy (non-hydrogen) atoms. The van der Waals surface area contributed by atoms with Crippen LogP contribution >= 0.6 is 11.3 Å². The zero-order valence-corrected chi connectivity index (χ0v) is 18.5. The molecule has 0 unspecified atom stereocenters. The monoisotopic (exact) mass is 469 g/mol. The van der Waals surface area contributed by atoms with Crippen molar-refractivity contribution in [2.45, 2.75) is 4.90 Å². The zero-order valence-electron chi connectivity index (χ0n) is 16.8. The van der Waals surface area contributed by atoms with Crippen molar-refractivity contribution < 1.29 is 12.8 Å².